The van der Waals surface area contributed by atoms with Crippen molar-refractivity contribution in [3.05, 3.63) is 30.0 Å². The molecule has 2 N–H and O–H groups in total. The molecule has 1 aromatic heterocycles. The SMILES string of the molecule is COc1cccc2c(NC3CCC(O)CC3)cc(C)nc12. The fraction of sp³-hybridized carbons (Fsp3) is 0.471. The molecule has 0 bridgehead atoms. The van der Waals surface area contributed by atoms with E-state index >= 15 is 0 Å². The first-order valence-corrected chi connectivity index (χ1v) is 7.56. The molecule has 0 spiro atoms. The highest BCUT2D eigenvalue weighted by molar-refractivity contribution is 5.95. The van der Waals surface area contributed by atoms with Crippen molar-refractivity contribution >= 4 is 16.6 Å². The molecule has 0 unspecified atom stereocenters. The number of anilines is 1. The number of nitrogens with one attached hydrogen (secondary N) is 1. The zero-order chi connectivity index (χ0) is 14.8. The van der Waals surface area contributed by atoms with E-state index in [1.165, 1.54) is 0 Å². The van der Waals surface area contributed by atoms with Crippen LogP contribution in [0, 0.1) is 6.92 Å². The minimum absolute atomic E-state index is 0.126. The van der Waals surface area contributed by atoms with Crippen molar-refractivity contribution in [2.45, 2.75) is 44.8 Å². The molecule has 112 valence electrons. The van der Waals surface area contributed by atoms with E-state index in [9.17, 15) is 5.11 Å². The van der Waals surface area contributed by atoms with Crippen LogP contribution in [0.5, 0.6) is 5.75 Å². The Morgan fingerprint density at radius 1 is 1.24 bits per heavy atom. The van der Waals surface area contributed by atoms with Crippen LogP contribution in [0.3, 0.4) is 0 Å². The lowest BCUT2D eigenvalue weighted by Crippen LogP contribution is -2.28. The number of hydrogen-bond acceptors (Lipinski definition) is 4. The summed E-state index contributed by atoms with van der Waals surface area (Å²) >= 11 is 0. The van der Waals surface area contributed by atoms with Crippen LogP contribution >= 0.6 is 0 Å². The molecule has 1 aromatic carbocycles. The number of ether oxygens (including phenoxy) is 1. The zero-order valence-electron chi connectivity index (χ0n) is 12.6. The average Bonchev–Trinajstić information content (AvgIpc) is 2.49. The largest absolute Gasteiger partial charge is 0.494 e. The van der Waals surface area contributed by atoms with Gasteiger partial charge in [-0.25, -0.2) is 4.98 Å². The average molecular weight is 286 g/mol. The number of methoxy groups -OCH3 is 1. The molecule has 0 amide bonds. The van der Waals surface area contributed by atoms with E-state index in [4.69, 9.17) is 4.74 Å². The Morgan fingerprint density at radius 2 is 2.00 bits per heavy atom. The first-order valence-electron chi connectivity index (χ1n) is 7.56. The van der Waals surface area contributed by atoms with E-state index in [0.29, 0.717) is 6.04 Å². The summed E-state index contributed by atoms with van der Waals surface area (Å²) in [6.45, 7) is 2.00. The summed E-state index contributed by atoms with van der Waals surface area (Å²) in [6, 6.07) is 8.52. The molecular formula is C17H22N2O2. The van der Waals surface area contributed by atoms with E-state index in [2.05, 4.69) is 22.4 Å². The van der Waals surface area contributed by atoms with Gasteiger partial charge in [-0.1, -0.05) is 12.1 Å². The van der Waals surface area contributed by atoms with Gasteiger partial charge in [0.25, 0.3) is 0 Å². The molecule has 1 aliphatic rings. The second-order valence-electron chi connectivity index (χ2n) is 5.82. The maximum atomic E-state index is 9.62. The third-order valence-electron chi connectivity index (χ3n) is 4.21. The quantitative estimate of drug-likeness (QED) is 0.909. The van der Waals surface area contributed by atoms with E-state index in [-0.39, 0.29) is 6.10 Å². The van der Waals surface area contributed by atoms with E-state index in [1.807, 2.05) is 19.1 Å². The third kappa shape index (κ3) is 2.95. The molecule has 21 heavy (non-hydrogen) atoms. The normalized spacial score (nSPS) is 22.2. The monoisotopic (exact) mass is 286 g/mol. The van der Waals surface area contributed by atoms with Crippen molar-refractivity contribution in [1.82, 2.24) is 4.98 Å². The van der Waals surface area contributed by atoms with Gasteiger partial charge < -0.3 is 15.2 Å². The number of aromatic nitrogens is 1. The maximum Gasteiger partial charge on any atom is 0.145 e. The highest BCUT2D eigenvalue weighted by Gasteiger charge is 2.20. The second kappa shape index (κ2) is 5.90. The number of para-hydroxylation sites is 1. The smallest absolute Gasteiger partial charge is 0.145 e. The Balaban J connectivity index is 1.94. The number of aliphatic hydroxyl groups is 1. The van der Waals surface area contributed by atoms with Crippen molar-refractivity contribution in [3.63, 3.8) is 0 Å². The molecule has 3 rings (SSSR count). The first kappa shape index (κ1) is 14.1. The molecule has 2 aromatic rings. The summed E-state index contributed by atoms with van der Waals surface area (Å²) in [5.74, 6) is 0.804. The summed E-state index contributed by atoms with van der Waals surface area (Å²) in [4.78, 5) is 4.61. The number of nitrogens with zero attached hydrogens (tertiary/aromatic N) is 1. The fourth-order valence-corrected chi connectivity index (χ4v) is 3.07. The fourth-order valence-electron chi connectivity index (χ4n) is 3.07. The number of aryl methyl sites for hydroxylation is 1. The van der Waals surface area contributed by atoms with Gasteiger partial charge in [0.2, 0.25) is 0 Å². The van der Waals surface area contributed by atoms with Gasteiger partial charge in [-0.05, 0) is 44.7 Å². The molecule has 1 fully saturated rings. The van der Waals surface area contributed by atoms with E-state index in [0.717, 1.165) is 53.7 Å². The van der Waals surface area contributed by atoms with Gasteiger partial charge in [0.15, 0.2) is 0 Å². The lowest BCUT2D eigenvalue weighted by Gasteiger charge is -2.27. The molecule has 1 heterocycles. The lowest BCUT2D eigenvalue weighted by molar-refractivity contribution is 0.126. The van der Waals surface area contributed by atoms with E-state index < -0.39 is 0 Å². The Morgan fingerprint density at radius 3 is 2.71 bits per heavy atom. The molecule has 4 heteroatoms. The van der Waals surface area contributed by atoms with Crippen LogP contribution in [0.1, 0.15) is 31.4 Å². The molecule has 1 aliphatic carbocycles. The number of pyridine rings is 1. The third-order valence-corrected chi connectivity index (χ3v) is 4.21. The zero-order valence-corrected chi connectivity index (χ0v) is 12.6. The van der Waals surface area contributed by atoms with Gasteiger partial charge in [0, 0.05) is 22.8 Å². The predicted octanol–water partition coefficient (Wildman–Crippen LogP) is 3.27. The van der Waals surface area contributed by atoms with Crippen molar-refractivity contribution in [3.8, 4) is 5.75 Å². The highest BCUT2D eigenvalue weighted by atomic mass is 16.5. The van der Waals surface area contributed by atoms with Crippen LogP contribution in [-0.4, -0.2) is 29.3 Å². The second-order valence-corrected chi connectivity index (χ2v) is 5.82. The lowest BCUT2D eigenvalue weighted by atomic mass is 9.93. The topological polar surface area (TPSA) is 54.4 Å². The highest BCUT2D eigenvalue weighted by Crippen LogP contribution is 2.31. The summed E-state index contributed by atoms with van der Waals surface area (Å²) < 4.78 is 5.42. The maximum absolute atomic E-state index is 9.62. The molecule has 0 radical (unpaired) electrons. The van der Waals surface area contributed by atoms with Crippen LogP contribution in [0.25, 0.3) is 10.9 Å². The number of fused-ring (bicyclic) bond motifs is 1. The Labute approximate surface area is 125 Å². The van der Waals surface area contributed by atoms with Gasteiger partial charge in [0.1, 0.15) is 11.3 Å². The minimum Gasteiger partial charge on any atom is -0.494 e. The minimum atomic E-state index is -0.126. The molecule has 4 nitrogen and oxygen atoms in total. The van der Waals surface area contributed by atoms with Gasteiger partial charge >= 0.3 is 0 Å². The van der Waals surface area contributed by atoms with E-state index in [1.54, 1.807) is 7.11 Å². The standard InChI is InChI=1S/C17H22N2O2/c1-11-10-15(19-12-6-8-13(20)9-7-12)14-4-3-5-16(21-2)17(14)18-11/h3-5,10,12-13,20H,6-9H2,1-2H3,(H,18,19). The van der Waals surface area contributed by atoms with Crippen molar-refractivity contribution < 1.29 is 9.84 Å². The Hall–Kier alpha value is -1.81. The number of aliphatic hydroxyl groups excluding tert-OH is 1. The van der Waals surface area contributed by atoms with Gasteiger partial charge in [-0.3, -0.25) is 0 Å². The molecule has 0 aliphatic heterocycles. The van der Waals surface area contributed by atoms with Crippen LogP contribution in [0.15, 0.2) is 24.3 Å². The Bertz CT molecular complexity index is 634. The number of rotatable bonds is 3. The van der Waals surface area contributed by atoms with Gasteiger partial charge in [0.05, 0.1) is 13.2 Å². The molecule has 0 atom stereocenters. The Kier molecular flexibility index (Phi) is 3.97. The summed E-state index contributed by atoms with van der Waals surface area (Å²) in [5.41, 5.74) is 2.99. The van der Waals surface area contributed by atoms with Crippen LogP contribution in [0.2, 0.25) is 0 Å². The van der Waals surface area contributed by atoms with Crippen molar-refractivity contribution in [2.24, 2.45) is 0 Å². The molecular weight excluding hydrogens is 264 g/mol. The molecule has 1 saturated carbocycles. The number of benzene rings is 1. The van der Waals surface area contributed by atoms with Crippen molar-refractivity contribution in [2.75, 3.05) is 12.4 Å². The number of hydrogen-bond donors (Lipinski definition) is 2. The first-order chi connectivity index (χ1) is 10.2. The van der Waals surface area contributed by atoms with Crippen LogP contribution in [-0.2, 0) is 0 Å². The predicted molar refractivity (Wildman–Crippen MR) is 84.9 cm³/mol. The van der Waals surface area contributed by atoms with Crippen LogP contribution in [0.4, 0.5) is 5.69 Å². The van der Waals surface area contributed by atoms with Gasteiger partial charge in [-0.15, -0.1) is 0 Å². The summed E-state index contributed by atoms with van der Waals surface area (Å²) in [6.07, 6.45) is 3.65. The molecule has 0 saturated heterocycles. The summed E-state index contributed by atoms with van der Waals surface area (Å²) in [7, 11) is 1.68. The van der Waals surface area contributed by atoms with Crippen LogP contribution < -0.4 is 10.1 Å². The van der Waals surface area contributed by atoms with Crippen molar-refractivity contribution in [1.29, 1.82) is 0 Å². The summed E-state index contributed by atoms with van der Waals surface area (Å²) in [5, 5.41) is 14.3. The van der Waals surface area contributed by atoms with Gasteiger partial charge in [-0.2, -0.15) is 0 Å².